The Labute approximate surface area is 200 Å². The summed E-state index contributed by atoms with van der Waals surface area (Å²) in [7, 11) is -1.63. The van der Waals surface area contributed by atoms with Crippen LogP contribution in [0.3, 0.4) is 0 Å². The lowest BCUT2D eigenvalue weighted by molar-refractivity contribution is -0.168. The maximum Gasteiger partial charge on any atom is 0.303 e. The topological polar surface area (TPSA) is 72.8 Å². The molecule has 1 N–H and O–H groups in total. The Balaban J connectivity index is 1.63. The fourth-order valence-corrected chi connectivity index (χ4v) is 8.92. The standard InChI is InChI=1S/C27H42O5Si/c1-17-14-20-21(25(3)11-8-19(15-23(17)25)32-33(5,6)7)9-12-26(4)22(20)10-13-27(26,30)24(29)16-31-18(2)28/h15,20-22,30H,8-14,16H2,1-7H3. The second-order valence-electron chi connectivity index (χ2n) is 12.6. The fraction of sp³-hybridized carbons (Fsp3) is 0.778. The van der Waals surface area contributed by atoms with Crippen molar-refractivity contribution >= 4 is 20.1 Å². The highest BCUT2D eigenvalue weighted by atomic mass is 28.4. The number of carbonyl (C=O) groups is 2. The summed E-state index contributed by atoms with van der Waals surface area (Å²) in [5.41, 5.74) is 1.19. The second-order valence-corrected chi connectivity index (χ2v) is 17.0. The predicted octanol–water partition coefficient (Wildman–Crippen LogP) is 5.55. The molecule has 0 bridgehead atoms. The highest BCUT2D eigenvalue weighted by molar-refractivity contribution is 6.70. The molecule has 4 rings (SSSR count). The molecule has 0 radical (unpaired) electrons. The van der Waals surface area contributed by atoms with E-state index in [9.17, 15) is 14.7 Å². The second kappa shape index (κ2) is 8.08. The normalized spacial score (nSPS) is 40.4. The van der Waals surface area contributed by atoms with Gasteiger partial charge in [0.05, 0.1) is 5.76 Å². The van der Waals surface area contributed by atoms with Gasteiger partial charge in [-0.1, -0.05) is 19.4 Å². The molecule has 6 heteroatoms. The van der Waals surface area contributed by atoms with Crippen molar-refractivity contribution in [3.8, 4) is 0 Å². The first-order valence-corrected chi connectivity index (χ1v) is 16.1. The van der Waals surface area contributed by atoms with Crippen LogP contribution in [0.25, 0.3) is 0 Å². The number of hydrogen-bond acceptors (Lipinski definition) is 5. The Kier molecular flexibility index (Phi) is 6.05. The summed E-state index contributed by atoms with van der Waals surface area (Å²) in [5.74, 6) is 1.69. The van der Waals surface area contributed by atoms with Gasteiger partial charge in [-0.2, -0.15) is 0 Å². The molecule has 184 valence electrons. The first kappa shape index (κ1) is 24.7. The molecule has 0 aromatic heterocycles. The van der Waals surface area contributed by atoms with E-state index in [1.807, 2.05) is 0 Å². The molecule has 0 amide bonds. The van der Waals surface area contributed by atoms with Crippen LogP contribution in [0.15, 0.2) is 23.0 Å². The third-order valence-corrected chi connectivity index (χ3v) is 10.4. The molecule has 6 unspecified atom stereocenters. The van der Waals surface area contributed by atoms with Crippen molar-refractivity contribution in [2.75, 3.05) is 6.61 Å². The van der Waals surface area contributed by atoms with Gasteiger partial charge in [0.2, 0.25) is 14.1 Å². The minimum atomic E-state index is -1.63. The van der Waals surface area contributed by atoms with Crippen LogP contribution in [-0.4, -0.2) is 37.4 Å². The summed E-state index contributed by atoms with van der Waals surface area (Å²) < 4.78 is 11.4. The maximum absolute atomic E-state index is 13.0. The summed E-state index contributed by atoms with van der Waals surface area (Å²) in [6.07, 6.45) is 8.67. The fourth-order valence-electron chi connectivity index (χ4n) is 7.97. The van der Waals surface area contributed by atoms with E-state index in [1.165, 1.54) is 18.1 Å². The van der Waals surface area contributed by atoms with Gasteiger partial charge in [-0.15, -0.1) is 0 Å². The minimum absolute atomic E-state index is 0.128. The summed E-state index contributed by atoms with van der Waals surface area (Å²) in [4.78, 5) is 24.3. The van der Waals surface area contributed by atoms with Crippen LogP contribution in [0, 0.1) is 28.6 Å². The van der Waals surface area contributed by atoms with Gasteiger partial charge in [-0.05, 0) is 99.9 Å². The molecule has 2 saturated carbocycles. The number of carbonyl (C=O) groups excluding carboxylic acids is 2. The van der Waals surface area contributed by atoms with E-state index in [-0.39, 0.29) is 17.8 Å². The van der Waals surface area contributed by atoms with Gasteiger partial charge < -0.3 is 14.3 Å². The number of aliphatic hydroxyl groups is 1. The molecule has 0 aromatic carbocycles. The summed E-state index contributed by atoms with van der Waals surface area (Å²) in [5, 5.41) is 11.6. The van der Waals surface area contributed by atoms with Crippen LogP contribution in [0.1, 0.15) is 72.6 Å². The number of ether oxygens (including phenoxy) is 1. The van der Waals surface area contributed by atoms with Gasteiger partial charge in [-0.25, -0.2) is 0 Å². The van der Waals surface area contributed by atoms with Gasteiger partial charge in [0, 0.05) is 18.8 Å². The number of Topliss-reactive ketones (excluding diaryl/α,β-unsaturated/α-hetero) is 1. The molecule has 4 aliphatic rings. The molecule has 0 aromatic rings. The van der Waals surface area contributed by atoms with Gasteiger partial charge in [0.25, 0.3) is 0 Å². The van der Waals surface area contributed by atoms with Crippen LogP contribution in [0.5, 0.6) is 0 Å². The smallest absolute Gasteiger partial charge is 0.303 e. The lowest BCUT2D eigenvalue weighted by Gasteiger charge is -2.58. The van der Waals surface area contributed by atoms with Crippen LogP contribution < -0.4 is 0 Å². The number of rotatable bonds is 5. The van der Waals surface area contributed by atoms with Crippen molar-refractivity contribution in [3.05, 3.63) is 23.0 Å². The molecule has 0 spiro atoms. The van der Waals surface area contributed by atoms with Gasteiger partial charge in [0.15, 0.2) is 6.61 Å². The van der Waals surface area contributed by atoms with Crippen molar-refractivity contribution in [1.29, 1.82) is 0 Å². The summed E-state index contributed by atoms with van der Waals surface area (Å²) in [6.45, 7) is 14.5. The zero-order valence-electron chi connectivity index (χ0n) is 21.5. The third-order valence-electron chi connectivity index (χ3n) is 9.53. The Morgan fingerprint density at radius 2 is 1.79 bits per heavy atom. The Bertz CT molecular complexity index is 914. The molecule has 33 heavy (non-hydrogen) atoms. The number of allylic oxidation sites excluding steroid dienone is 4. The number of esters is 1. The van der Waals surface area contributed by atoms with Crippen molar-refractivity contribution in [2.24, 2.45) is 28.6 Å². The van der Waals surface area contributed by atoms with Gasteiger partial charge in [0.1, 0.15) is 5.60 Å². The van der Waals surface area contributed by atoms with E-state index in [0.717, 1.165) is 44.3 Å². The van der Waals surface area contributed by atoms with Crippen molar-refractivity contribution in [1.82, 2.24) is 0 Å². The van der Waals surface area contributed by atoms with Crippen LogP contribution in [0.2, 0.25) is 19.6 Å². The maximum atomic E-state index is 13.0. The molecular weight excluding hydrogens is 432 g/mol. The van der Waals surface area contributed by atoms with E-state index in [0.29, 0.717) is 24.2 Å². The Morgan fingerprint density at radius 1 is 1.12 bits per heavy atom. The lowest BCUT2D eigenvalue weighted by Crippen LogP contribution is -2.58. The minimum Gasteiger partial charge on any atom is -0.547 e. The molecule has 2 fully saturated rings. The van der Waals surface area contributed by atoms with E-state index >= 15 is 0 Å². The molecule has 0 saturated heterocycles. The first-order valence-electron chi connectivity index (χ1n) is 12.7. The first-order chi connectivity index (χ1) is 15.2. The number of fused-ring (bicyclic) bond motifs is 5. The number of ketones is 1. The Hall–Kier alpha value is -1.40. The SMILES string of the molecule is CC(=O)OCC(=O)C1(O)CCC2C3CC(C)=C4C=C(O[Si](C)(C)C)CCC4(C)C3CCC21C. The molecule has 4 aliphatic carbocycles. The number of hydrogen-bond donors (Lipinski definition) is 1. The molecule has 0 heterocycles. The molecular formula is C27H42O5Si. The predicted molar refractivity (Wildman–Crippen MR) is 131 cm³/mol. The van der Waals surface area contributed by atoms with E-state index < -0.39 is 25.3 Å². The molecule has 5 nitrogen and oxygen atoms in total. The average Bonchev–Trinajstić information content (AvgIpc) is 2.98. The van der Waals surface area contributed by atoms with Crippen LogP contribution >= 0.6 is 0 Å². The molecule has 6 atom stereocenters. The van der Waals surface area contributed by atoms with E-state index in [1.54, 1.807) is 0 Å². The van der Waals surface area contributed by atoms with Gasteiger partial charge >= 0.3 is 5.97 Å². The van der Waals surface area contributed by atoms with Gasteiger partial charge in [-0.3, -0.25) is 9.59 Å². The van der Waals surface area contributed by atoms with Crippen molar-refractivity contribution in [3.63, 3.8) is 0 Å². The average molecular weight is 475 g/mol. The lowest BCUT2D eigenvalue weighted by atomic mass is 9.46. The summed E-state index contributed by atoms with van der Waals surface area (Å²) >= 11 is 0. The summed E-state index contributed by atoms with van der Waals surface area (Å²) in [6, 6.07) is 0. The van der Waals surface area contributed by atoms with E-state index in [4.69, 9.17) is 9.16 Å². The zero-order valence-corrected chi connectivity index (χ0v) is 22.5. The van der Waals surface area contributed by atoms with Crippen LogP contribution in [-0.2, 0) is 18.8 Å². The highest BCUT2D eigenvalue weighted by Gasteiger charge is 2.66. The largest absolute Gasteiger partial charge is 0.547 e. The third kappa shape index (κ3) is 3.95. The highest BCUT2D eigenvalue weighted by Crippen LogP contribution is 2.67. The van der Waals surface area contributed by atoms with Crippen LogP contribution in [0.4, 0.5) is 0 Å². The quantitative estimate of drug-likeness (QED) is 0.418. The zero-order chi connectivity index (χ0) is 24.4. The van der Waals surface area contributed by atoms with Crippen molar-refractivity contribution in [2.45, 2.75) is 97.9 Å². The molecule has 0 aliphatic heterocycles. The van der Waals surface area contributed by atoms with E-state index in [2.05, 4.69) is 46.5 Å². The van der Waals surface area contributed by atoms with Crippen molar-refractivity contribution < 1.29 is 23.9 Å². The Morgan fingerprint density at radius 3 is 2.42 bits per heavy atom. The monoisotopic (exact) mass is 474 g/mol.